The second-order valence-electron chi connectivity index (χ2n) is 19.3. The third-order valence-corrected chi connectivity index (χ3v) is 15.0. The van der Waals surface area contributed by atoms with Crippen LogP contribution in [-0.2, 0) is 5.41 Å². The SMILES string of the molecule is CC1(C)c2ccccc2-c2ccc3cc4c(cc3c21)c1cc(-c2cccc(N(c3ccc(-c5ccccc5)cc3)c3ccc5c6ccccc6n(-c6ccccc6)c5c3)c2)ccc1n4-c1ccccc1. The van der Waals surface area contributed by atoms with Crippen LogP contribution in [0.4, 0.5) is 17.1 Å². The molecule has 0 radical (unpaired) electrons. The van der Waals surface area contributed by atoms with E-state index in [4.69, 9.17) is 0 Å². The molecule has 0 atom stereocenters. The molecule has 0 aliphatic heterocycles. The first-order valence-corrected chi connectivity index (χ1v) is 24.3. The Hall–Kier alpha value is -8.92. The van der Waals surface area contributed by atoms with Crippen molar-refractivity contribution in [2.75, 3.05) is 4.90 Å². The molecule has 0 bridgehead atoms. The summed E-state index contributed by atoms with van der Waals surface area (Å²) in [6.07, 6.45) is 0. The van der Waals surface area contributed by atoms with Crippen molar-refractivity contribution in [3.63, 3.8) is 0 Å². The van der Waals surface area contributed by atoms with Gasteiger partial charge in [0.1, 0.15) is 0 Å². The zero-order valence-corrected chi connectivity index (χ0v) is 39.0. The van der Waals surface area contributed by atoms with E-state index in [1.165, 1.54) is 87.8 Å². The predicted octanol–water partition coefficient (Wildman–Crippen LogP) is 18.1. The van der Waals surface area contributed by atoms with Crippen molar-refractivity contribution in [3.05, 3.63) is 260 Å². The number of aromatic nitrogens is 2. The fraction of sp³-hybridized carbons (Fsp3) is 0.0448. The molecule has 11 aromatic carbocycles. The van der Waals surface area contributed by atoms with Crippen LogP contribution in [0.25, 0.3) is 99.1 Å². The summed E-state index contributed by atoms with van der Waals surface area (Å²) in [7, 11) is 0. The van der Waals surface area contributed by atoms with Crippen LogP contribution in [-0.4, -0.2) is 9.13 Å². The van der Waals surface area contributed by atoms with E-state index >= 15 is 0 Å². The fourth-order valence-electron chi connectivity index (χ4n) is 11.8. The van der Waals surface area contributed by atoms with Crippen molar-refractivity contribution in [2.24, 2.45) is 0 Å². The Morgan fingerprint density at radius 2 is 0.871 bits per heavy atom. The zero-order chi connectivity index (χ0) is 46.5. The molecule has 2 heterocycles. The second kappa shape index (κ2) is 15.6. The van der Waals surface area contributed by atoms with E-state index in [2.05, 4.69) is 277 Å². The van der Waals surface area contributed by atoms with Gasteiger partial charge in [-0.15, -0.1) is 0 Å². The number of rotatable bonds is 7. The van der Waals surface area contributed by atoms with Gasteiger partial charge in [-0.1, -0.05) is 172 Å². The summed E-state index contributed by atoms with van der Waals surface area (Å²) in [5, 5.41) is 7.55. The first kappa shape index (κ1) is 40.2. The molecule has 13 aromatic rings. The second-order valence-corrected chi connectivity index (χ2v) is 19.3. The smallest absolute Gasteiger partial charge is 0.0561 e. The number of hydrogen-bond donors (Lipinski definition) is 0. The van der Waals surface area contributed by atoms with Gasteiger partial charge in [-0.05, 0) is 146 Å². The lowest BCUT2D eigenvalue weighted by atomic mass is 9.80. The van der Waals surface area contributed by atoms with Crippen molar-refractivity contribution >= 4 is 71.4 Å². The minimum Gasteiger partial charge on any atom is -0.310 e. The maximum Gasteiger partial charge on any atom is 0.0561 e. The van der Waals surface area contributed by atoms with Gasteiger partial charge in [0, 0.05) is 55.4 Å². The van der Waals surface area contributed by atoms with Crippen molar-refractivity contribution in [1.82, 2.24) is 9.13 Å². The monoisotopic (exact) mass is 893 g/mol. The van der Waals surface area contributed by atoms with E-state index in [1.54, 1.807) is 0 Å². The van der Waals surface area contributed by atoms with E-state index in [1.807, 2.05) is 0 Å². The molecule has 1 aliphatic carbocycles. The predicted molar refractivity (Wildman–Crippen MR) is 296 cm³/mol. The van der Waals surface area contributed by atoms with Crippen LogP contribution >= 0.6 is 0 Å². The van der Waals surface area contributed by atoms with E-state index < -0.39 is 0 Å². The van der Waals surface area contributed by atoms with Crippen LogP contribution in [0.15, 0.2) is 249 Å². The van der Waals surface area contributed by atoms with Crippen molar-refractivity contribution in [3.8, 4) is 44.8 Å². The molecule has 0 N–H and O–H groups in total. The first-order valence-electron chi connectivity index (χ1n) is 24.3. The molecule has 0 fully saturated rings. The Morgan fingerprint density at radius 3 is 1.64 bits per heavy atom. The summed E-state index contributed by atoms with van der Waals surface area (Å²) in [6.45, 7) is 4.78. The Kier molecular flexibility index (Phi) is 8.93. The van der Waals surface area contributed by atoms with Gasteiger partial charge in [-0.2, -0.15) is 0 Å². The normalized spacial score (nSPS) is 12.8. The van der Waals surface area contributed by atoms with Gasteiger partial charge in [-0.25, -0.2) is 0 Å². The fourth-order valence-corrected chi connectivity index (χ4v) is 11.8. The molecule has 3 heteroatoms. The summed E-state index contributed by atoms with van der Waals surface area (Å²) in [4.78, 5) is 2.41. The van der Waals surface area contributed by atoms with Gasteiger partial charge in [0.05, 0.1) is 22.1 Å². The highest BCUT2D eigenvalue weighted by Gasteiger charge is 2.37. The molecule has 1 aliphatic rings. The van der Waals surface area contributed by atoms with Gasteiger partial charge in [0.15, 0.2) is 0 Å². The maximum absolute atomic E-state index is 2.49. The summed E-state index contributed by atoms with van der Waals surface area (Å²) in [5.41, 5.74) is 20.4. The van der Waals surface area contributed by atoms with Gasteiger partial charge < -0.3 is 14.0 Å². The van der Waals surface area contributed by atoms with Crippen LogP contribution in [0.5, 0.6) is 0 Å². The van der Waals surface area contributed by atoms with E-state index in [9.17, 15) is 0 Å². The Balaban J connectivity index is 0.959. The number of hydrogen-bond acceptors (Lipinski definition) is 1. The van der Waals surface area contributed by atoms with Gasteiger partial charge in [-0.3, -0.25) is 0 Å². The van der Waals surface area contributed by atoms with E-state index in [0.717, 1.165) is 39.5 Å². The molecule has 0 saturated carbocycles. The molecule has 0 amide bonds. The van der Waals surface area contributed by atoms with Crippen molar-refractivity contribution in [1.29, 1.82) is 0 Å². The molecule has 0 spiro atoms. The molecule has 0 saturated heterocycles. The number of fused-ring (bicyclic) bond motifs is 11. The number of benzene rings is 11. The lowest BCUT2D eigenvalue weighted by Crippen LogP contribution is -2.15. The van der Waals surface area contributed by atoms with Crippen LogP contribution < -0.4 is 4.90 Å². The third kappa shape index (κ3) is 6.15. The highest BCUT2D eigenvalue weighted by atomic mass is 15.1. The Morgan fingerprint density at radius 1 is 0.314 bits per heavy atom. The zero-order valence-electron chi connectivity index (χ0n) is 39.0. The lowest BCUT2D eigenvalue weighted by molar-refractivity contribution is 0.666. The minimum absolute atomic E-state index is 0.126. The minimum atomic E-state index is -0.126. The molecule has 2 aromatic heterocycles. The average molecular weight is 894 g/mol. The molecule has 3 nitrogen and oxygen atoms in total. The van der Waals surface area contributed by atoms with Gasteiger partial charge in [0.25, 0.3) is 0 Å². The Bertz CT molecular complexity index is 4180. The maximum atomic E-state index is 2.49. The molecule has 330 valence electrons. The molecular weight excluding hydrogens is 847 g/mol. The summed E-state index contributed by atoms with van der Waals surface area (Å²) >= 11 is 0. The standard InChI is InChI=1S/C67H47N3/c1-67(2)61-27-14-12-25-54(61)57-36-31-48-41-64-60(43-58(48)66(57)67)59-40-47(32-38-63(59)70(64)50-22-10-5-11-23-50)46-19-16-24-52(39-46)68(51-33-29-45(30-34-51)44-17-6-3-7-18-44)53-35-37-56-55-26-13-15-28-62(55)69(65(56)42-53)49-20-8-4-9-21-49/h3-43H,1-2H3. The lowest BCUT2D eigenvalue weighted by Gasteiger charge is -2.26. The van der Waals surface area contributed by atoms with Crippen LogP contribution in [0, 0.1) is 0 Å². The highest BCUT2D eigenvalue weighted by Crippen LogP contribution is 2.52. The van der Waals surface area contributed by atoms with Crippen molar-refractivity contribution < 1.29 is 0 Å². The van der Waals surface area contributed by atoms with Crippen LogP contribution in [0.3, 0.4) is 0 Å². The number of nitrogens with zero attached hydrogens (tertiary/aromatic N) is 3. The van der Waals surface area contributed by atoms with E-state index in [0.29, 0.717) is 0 Å². The largest absolute Gasteiger partial charge is 0.310 e. The molecule has 14 rings (SSSR count). The van der Waals surface area contributed by atoms with Crippen LogP contribution in [0.2, 0.25) is 0 Å². The van der Waals surface area contributed by atoms with Gasteiger partial charge >= 0.3 is 0 Å². The molecular formula is C67H47N3. The number of anilines is 3. The quantitative estimate of drug-likeness (QED) is 0.155. The average Bonchev–Trinajstić information content (AvgIpc) is 4.01. The molecule has 70 heavy (non-hydrogen) atoms. The van der Waals surface area contributed by atoms with Crippen molar-refractivity contribution in [2.45, 2.75) is 19.3 Å². The third-order valence-electron chi connectivity index (χ3n) is 15.0. The highest BCUT2D eigenvalue weighted by molar-refractivity contribution is 6.16. The Labute approximate surface area is 407 Å². The molecule has 0 unspecified atom stereocenters. The van der Waals surface area contributed by atoms with Crippen LogP contribution in [0.1, 0.15) is 25.0 Å². The van der Waals surface area contributed by atoms with Gasteiger partial charge in [0.2, 0.25) is 0 Å². The first-order chi connectivity index (χ1) is 34.5. The summed E-state index contributed by atoms with van der Waals surface area (Å²) < 4.78 is 4.85. The summed E-state index contributed by atoms with van der Waals surface area (Å²) in [6, 6.07) is 91.6. The van der Waals surface area contributed by atoms with E-state index in [-0.39, 0.29) is 5.41 Å². The summed E-state index contributed by atoms with van der Waals surface area (Å²) in [5.74, 6) is 0. The topological polar surface area (TPSA) is 13.1 Å². The number of para-hydroxylation sites is 3.